The first kappa shape index (κ1) is 5.46. The molecule has 0 bridgehead atoms. The van der Waals surface area contributed by atoms with Crippen molar-refractivity contribution >= 4 is 16.1 Å². The van der Waals surface area contributed by atoms with Crippen LogP contribution >= 0.6 is 0 Å². The van der Waals surface area contributed by atoms with Crippen LogP contribution in [0.1, 0.15) is 0 Å². The van der Waals surface area contributed by atoms with Crippen molar-refractivity contribution in [2.75, 3.05) is 14.2 Å². The van der Waals surface area contributed by atoms with Crippen LogP contribution in [0.4, 0.5) is 0 Å². The third kappa shape index (κ3) is 4.46. The van der Waals surface area contributed by atoms with Crippen molar-refractivity contribution in [3.63, 3.8) is 0 Å². The van der Waals surface area contributed by atoms with Crippen molar-refractivity contribution in [1.29, 1.82) is 0 Å². The van der Waals surface area contributed by atoms with E-state index in [1.807, 2.05) is 0 Å². The Morgan fingerprint density at radius 3 is 1.60 bits per heavy atom. The van der Waals surface area contributed by atoms with Gasteiger partial charge in [-0.2, -0.15) is 0 Å². The van der Waals surface area contributed by atoms with Crippen LogP contribution < -0.4 is 0 Å². The topological polar surface area (TPSA) is 18.5 Å². The summed E-state index contributed by atoms with van der Waals surface area (Å²) in [5.74, 6) is 0. The molecule has 32 valence electrons. The van der Waals surface area contributed by atoms with Gasteiger partial charge in [-0.05, 0) is 0 Å². The first-order valence-electron chi connectivity index (χ1n) is 1.39. The molecule has 0 saturated heterocycles. The van der Waals surface area contributed by atoms with Crippen molar-refractivity contribution in [2.24, 2.45) is 0 Å². The summed E-state index contributed by atoms with van der Waals surface area (Å²) in [7, 11) is 3.34. The van der Waals surface area contributed by atoms with Crippen molar-refractivity contribution < 1.29 is 7.53 Å². The molecule has 0 unspecified atom stereocenters. The van der Waals surface area contributed by atoms with Gasteiger partial charge in [-0.25, -0.2) is 0 Å². The Kier molecular flexibility index (Phi) is 4.88. The average Bonchev–Trinajstić information content (AvgIpc) is 1.41. The van der Waals surface area contributed by atoms with Gasteiger partial charge < -0.3 is 0 Å². The van der Waals surface area contributed by atoms with Gasteiger partial charge in [0.1, 0.15) is 0 Å². The predicted molar refractivity (Wildman–Crippen MR) is 22.6 cm³/mol. The average molecular weight is 137 g/mol. The molecular weight excluding hydrogens is 129 g/mol. The van der Waals surface area contributed by atoms with E-state index in [2.05, 4.69) is 7.53 Å². The van der Waals surface area contributed by atoms with Crippen molar-refractivity contribution in [2.45, 2.75) is 0 Å². The van der Waals surface area contributed by atoms with E-state index in [0.717, 1.165) is 0 Å². The third-order valence-electron chi connectivity index (χ3n) is 0.236. The number of rotatable bonds is 2. The van der Waals surface area contributed by atoms with E-state index in [-0.39, 0.29) is 0 Å². The molecule has 3 heteroatoms. The molecular formula is C2H8GeO2. The Labute approximate surface area is 38.6 Å². The van der Waals surface area contributed by atoms with Gasteiger partial charge in [0.2, 0.25) is 0 Å². The van der Waals surface area contributed by atoms with Gasteiger partial charge >= 0.3 is 37.9 Å². The Hall–Kier alpha value is 0.463. The van der Waals surface area contributed by atoms with Gasteiger partial charge in [-0.3, -0.25) is 0 Å². The second-order valence-corrected chi connectivity index (χ2v) is 3.61. The first-order valence-corrected chi connectivity index (χ1v) is 3.82. The van der Waals surface area contributed by atoms with Gasteiger partial charge in [-0.15, -0.1) is 0 Å². The van der Waals surface area contributed by atoms with Gasteiger partial charge in [0, 0.05) is 0 Å². The molecule has 0 aromatic heterocycles. The predicted octanol–water partition coefficient (Wildman–Crippen LogP) is -0.722. The molecule has 0 fully saturated rings. The summed E-state index contributed by atoms with van der Waals surface area (Å²) in [4.78, 5) is 0. The summed E-state index contributed by atoms with van der Waals surface area (Å²) >= 11 is -0.903. The molecule has 2 nitrogen and oxygen atoms in total. The van der Waals surface area contributed by atoms with E-state index in [9.17, 15) is 0 Å². The van der Waals surface area contributed by atoms with Gasteiger partial charge in [-0.1, -0.05) is 0 Å². The zero-order valence-electron chi connectivity index (χ0n) is 3.52. The molecule has 0 heterocycles. The van der Waals surface area contributed by atoms with Gasteiger partial charge in [0.05, 0.1) is 0 Å². The molecule has 5 heavy (non-hydrogen) atoms. The van der Waals surface area contributed by atoms with Gasteiger partial charge in [0.25, 0.3) is 0 Å². The van der Waals surface area contributed by atoms with Gasteiger partial charge in [0.15, 0.2) is 0 Å². The molecule has 0 atom stereocenters. The third-order valence-corrected chi connectivity index (χ3v) is 1.22. The molecule has 0 aromatic rings. The molecule has 0 saturated carbocycles. The van der Waals surface area contributed by atoms with Crippen molar-refractivity contribution in [3.8, 4) is 0 Å². The second-order valence-electron chi connectivity index (χ2n) is 0.695. The summed E-state index contributed by atoms with van der Waals surface area (Å²) in [5, 5.41) is 0. The van der Waals surface area contributed by atoms with Crippen LogP contribution in [0, 0.1) is 0 Å². The quantitative estimate of drug-likeness (QED) is 0.467. The maximum atomic E-state index is 4.66. The molecule has 0 spiro atoms. The van der Waals surface area contributed by atoms with Crippen LogP contribution in [0.3, 0.4) is 0 Å². The van der Waals surface area contributed by atoms with E-state index in [1.54, 1.807) is 14.2 Å². The Bertz CT molecular complexity index is 15.1. The molecule has 0 aliphatic rings. The summed E-state index contributed by atoms with van der Waals surface area (Å²) < 4.78 is 9.31. The molecule has 0 amide bonds. The molecule has 0 aromatic carbocycles. The zero-order valence-corrected chi connectivity index (χ0v) is 6.49. The van der Waals surface area contributed by atoms with Crippen molar-refractivity contribution in [3.05, 3.63) is 0 Å². The first-order chi connectivity index (χ1) is 2.41. The minimum absolute atomic E-state index is 0.903. The van der Waals surface area contributed by atoms with E-state index in [1.165, 1.54) is 0 Å². The molecule has 0 rings (SSSR count). The number of hydrogen-bond acceptors (Lipinski definition) is 2. The number of hydrogen-bond donors (Lipinski definition) is 0. The van der Waals surface area contributed by atoms with Crippen LogP contribution in [0.15, 0.2) is 0 Å². The second kappa shape index (κ2) is 4.46. The SMILES string of the molecule is C[O][GeH2][O]C. The van der Waals surface area contributed by atoms with Crippen LogP contribution in [0.5, 0.6) is 0 Å². The normalized spacial score (nSPS) is 8.40. The van der Waals surface area contributed by atoms with E-state index >= 15 is 0 Å². The standard InChI is InChI=1S/C2H8GeO2/c1-4-3-5-2/h3H2,1-2H3. The summed E-state index contributed by atoms with van der Waals surface area (Å²) in [5.41, 5.74) is 0. The molecule has 0 radical (unpaired) electrons. The van der Waals surface area contributed by atoms with E-state index in [4.69, 9.17) is 0 Å². The fraction of sp³-hybridized carbons (Fsp3) is 1.00. The zero-order chi connectivity index (χ0) is 4.12. The summed E-state index contributed by atoms with van der Waals surface area (Å²) in [6, 6.07) is 0. The molecule has 0 aliphatic carbocycles. The summed E-state index contributed by atoms with van der Waals surface area (Å²) in [6.07, 6.45) is 0. The molecule has 0 N–H and O–H groups in total. The van der Waals surface area contributed by atoms with Crippen LogP contribution in [0.2, 0.25) is 0 Å². The maximum absolute atomic E-state index is 4.66. The van der Waals surface area contributed by atoms with Crippen molar-refractivity contribution in [1.82, 2.24) is 0 Å². The van der Waals surface area contributed by atoms with E-state index in [0.29, 0.717) is 0 Å². The van der Waals surface area contributed by atoms with Crippen LogP contribution in [-0.4, -0.2) is 30.3 Å². The fourth-order valence-corrected chi connectivity index (χ4v) is 0.612. The van der Waals surface area contributed by atoms with Crippen LogP contribution in [-0.2, 0) is 7.53 Å². The monoisotopic (exact) mass is 138 g/mol. The van der Waals surface area contributed by atoms with E-state index < -0.39 is 16.1 Å². The fourth-order valence-electron chi connectivity index (χ4n) is 0.118. The Balaban J connectivity index is 2.19. The van der Waals surface area contributed by atoms with Crippen LogP contribution in [0.25, 0.3) is 0 Å². The summed E-state index contributed by atoms with van der Waals surface area (Å²) in [6.45, 7) is 0. The Morgan fingerprint density at radius 2 is 1.60 bits per heavy atom. The Morgan fingerprint density at radius 1 is 1.20 bits per heavy atom. The molecule has 0 aliphatic heterocycles. The minimum atomic E-state index is -0.903.